The van der Waals surface area contributed by atoms with E-state index in [0.29, 0.717) is 28.0 Å². The molecule has 0 saturated carbocycles. The normalized spacial score (nSPS) is 10.2. The van der Waals surface area contributed by atoms with E-state index < -0.39 is 0 Å². The highest BCUT2D eigenvalue weighted by molar-refractivity contribution is 6.32. The summed E-state index contributed by atoms with van der Waals surface area (Å²) < 4.78 is 16.0. The Morgan fingerprint density at radius 2 is 1.54 bits per heavy atom. The van der Waals surface area contributed by atoms with Gasteiger partial charge in [-0.15, -0.1) is 0 Å². The Bertz CT molecular complexity index is 943. The number of carbonyl (C=O) groups is 1. The van der Waals surface area contributed by atoms with Crippen LogP contribution in [0.4, 0.5) is 5.69 Å². The van der Waals surface area contributed by atoms with Crippen LogP contribution in [0.5, 0.6) is 17.2 Å². The van der Waals surface area contributed by atoms with Gasteiger partial charge in [-0.2, -0.15) is 0 Å². The second-order valence-corrected chi connectivity index (χ2v) is 6.32. The molecule has 0 saturated heterocycles. The fourth-order valence-electron chi connectivity index (χ4n) is 2.67. The van der Waals surface area contributed by atoms with E-state index >= 15 is 0 Å². The molecule has 5 nitrogen and oxygen atoms in total. The molecule has 0 spiro atoms. The van der Waals surface area contributed by atoms with Crippen LogP contribution in [0.15, 0.2) is 66.7 Å². The molecule has 0 radical (unpaired) electrons. The zero-order valence-corrected chi connectivity index (χ0v) is 16.3. The van der Waals surface area contributed by atoms with E-state index in [2.05, 4.69) is 5.32 Å². The predicted octanol–water partition coefficient (Wildman–Crippen LogP) is 5.04. The van der Waals surface area contributed by atoms with Gasteiger partial charge >= 0.3 is 0 Å². The number of halogens is 1. The monoisotopic (exact) mass is 397 g/mol. The lowest BCUT2D eigenvalue weighted by molar-refractivity contribution is -0.118. The second-order valence-electron chi connectivity index (χ2n) is 5.91. The van der Waals surface area contributed by atoms with Crippen LogP contribution < -0.4 is 19.5 Å². The minimum atomic E-state index is -0.324. The zero-order valence-electron chi connectivity index (χ0n) is 15.6. The minimum Gasteiger partial charge on any atom is -0.495 e. The lowest BCUT2D eigenvalue weighted by atomic mass is 10.1. The molecule has 3 aromatic rings. The van der Waals surface area contributed by atoms with Gasteiger partial charge < -0.3 is 19.5 Å². The molecule has 0 bridgehead atoms. The van der Waals surface area contributed by atoms with Crippen LogP contribution in [0, 0.1) is 0 Å². The van der Waals surface area contributed by atoms with Crippen LogP contribution in [0.3, 0.4) is 0 Å². The molecule has 0 aliphatic rings. The number of ether oxygens (including phenoxy) is 3. The molecule has 0 fully saturated rings. The van der Waals surface area contributed by atoms with Gasteiger partial charge in [0, 0.05) is 12.1 Å². The first-order valence-corrected chi connectivity index (χ1v) is 8.98. The summed E-state index contributed by atoms with van der Waals surface area (Å²) in [5.74, 6) is 1.16. The third-order valence-corrected chi connectivity index (χ3v) is 4.37. The van der Waals surface area contributed by atoms with Gasteiger partial charge in [0.15, 0.2) is 6.61 Å². The van der Waals surface area contributed by atoms with Crippen molar-refractivity contribution in [1.29, 1.82) is 0 Å². The Balaban J connectivity index is 1.62. The molecule has 6 heteroatoms. The molecule has 0 atom stereocenters. The molecular weight excluding hydrogens is 378 g/mol. The van der Waals surface area contributed by atoms with Crippen molar-refractivity contribution >= 4 is 23.2 Å². The number of anilines is 1. The van der Waals surface area contributed by atoms with Gasteiger partial charge in [-0.05, 0) is 23.3 Å². The highest BCUT2D eigenvalue weighted by Crippen LogP contribution is 2.35. The van der Waals surface area contributed by atoms with Gasteiger partial charge in [-0.3, -0.25) is 4.79 Å². The van der Waals surface area contributed by atoms with Gasteiger partial charge in [-0.25, -0.2) is 0 Å². The quantitative estimate of drug-likeness (QED) is 0.606. The van der Waals surface area contributed by atoms with Crippen molar-refractivity contribution in [1.82, 2.24) is 0 Å². The molecule has 3 rings (SSSR count). The van der Waals surface area contributed by atoms with E-state index in [9.17, 15) is 4.79 Å². The van der Waals surface area contributed by atoms with Crippen LogP contribution >= 0.6 is 11.6 Å². The molecule has 0 aliphatic carbocycles. The Labute approximate surface area is 168 Å². The summed E-state index contributed by atoms with van der Waals surface area (Å²) in [6, 6.07) is 20.8. The van der Waals surface area contributed by atoms with Crippen molar-refractivity contribution in [3.63, 3.8) is 0 Å². The van der Waals surface area contributed by atoms with Crippen LogP contribution in [0.1, 0.15) is 0 Å². The van der Waals surface area contributed by atoms with Crippen LogP contribution in [0.25, 0.3) is 11.1 Å². The van der Waals surface area contributed by atoms with E-state index in [0.717, 1.165) is 11.1 Å². The van der Waals surface area contributed by atoms with E-state index in [4.69, 9.17) is 25.8 Å². The average molecular weight is 398 g/mol. The summed E-state index contributed by atoms with van der Waals surface area (Å²) >= 11 is 6.07. The highest BCUT2D eigenvalue weighted by Gasteiger charge is 2.13. The predicted molar refractivity (Wildman–Crippen MR) is 111 cm³/mol. The SMILES string of the molecule is COc1cc(NC(=O)COc2ccc(-c3ccccc3)cc2)c(OC)cc1Cl. The van der Waals surface area contributed by atoms with Gasteiger partial charge in [0.2, 0.25) is 0 Å². The highest BCUT2D eigenvalue weighted by atomic mass is 35.5. The fraction of sp³-hybridized carbons (Fsp3) is 0.136. The summed E-state index contributed by atoms with van der Waals surface area (Å²) in [5.41, 5.74) is 2.66. The minimum absolute atomic E-state index is 0.140. The zero-order chi connectivity index (χ0) is 19.9. The number of hydrogen-bond donors (Lipinski definition) is 1. The number of rotatable bonds is 7. The number of nitrogens with one attached hydrogen (secondary N) is 1. The van der Waals surface area contributed by atoms with Crippen molar-refractivity contribution in [2.24, 2.45) is 0 Å². The van der Waals surface area contributed by atoms with Crippen molar-refractivity contribution < 1.29 is 19.0 Å². The smallest absolute Gasteiger partial charge is 0.262 e. The average Bonchev–Trinajstić information content (AvgIpc) is 2.74. The summed E-state index contributed by atoms with van der Waals surface area (Å²) in [6.07, 6.45) is 0. The molecule has 0 heterocycles. The van der Waals surface area contributed by atoms with Gasteiger partial charge in [-0.1, -0.05) is 54.1 Å². The largest absolute Gasteiger partial charge is 0.495 e. The molecule has 1 amide bonds. The number of benzene rings is 3. The maximum absolute atomic E-state index is 12.3. The van der Waals surface area contributed by atoms with Crippen molar-refractivity contribution in [3.05, 3.63) is 71.8 Å². The van der Waals surface area contributed by atoms with Crippen molar-refractivity contribution in [2.75, 3.05) is 26.1 Å². The van der Waals surface area contributed by atoms with Crippen molar-refractivity contribution in [2.45, 2.75) is 0 Å². The summed E-state index contributed by atoms with van der Waals surface area (Å²) in [6.45, 7) is -0.140. The molecule has 3 aromatic carbocycles. The first-order chi connectivity index (χ1) is 13.6. The van der Waals surface area contributed by atoms with E-state index in [-0.39, 0.29) is 12.5 Å². The van der Waals surface area contributed by atoms with Crippen LogP contribution in [-0.2, 0) is 4.79 Å². The fourth-order valence-corrected chi connectivity index (χ4v) is 2.90. The molecule has 0 aromatic heterocycles. The van der Waals surface area contributed by atoms with Gasteiger partial charge in [0.05, 0.1) is 24.9 Å². The number of methoxy groups -OCH3 is 2. The van der Waals surface area contributed by atoms with E-state index in [1.807, 2.05) is 54.6 Å². The van der Waals surface area contributed by atoms with Crippen LogP contribution in [-0.4, -0.2) is 26.7 Å². The molecular formula is C22H20ClNO4. The molecule has 0 unspecified atom stereocenters. The molecule has 144 valence electrons. The first kappa shape index (κ1) is 19.6. The van der Waals surface area contributed by atoms with Gasteiger partial charge in [0.25, 0.3) is 5.91 Å². The maximum Gasteiger partial charge on any atom is 0.262 e. The topological polar surface area (TPSA) is 56.8 Å². The Kier molecular flexibility index (Phi) is 6.40. The number of carbonyl (C=O) groups excluding carboxylic acids is 1. The Morgan fingerprint density at radius 3 is 2.18 bits per heavy atom. The first-order valence-electron chi connectivity index (χ1n) is 8.60. The van der Waals surface area contributed by atoms with Crippen molar-refractivity contribution in [3.8, 4) is 28.4 Å². The van der Waals surface area contributed by atoms with E-state index in [1.165, 1.54) is 14.2 Å². The number of hydrogen-bond acceptors (Lipinski definition) is 4. The number of amides is 1. The Morgan fingerprint density at radius 1 is 0.893 bits per heavy atom. The third-order valence-electron chi connectivity index (χ3n) is 4.08. The molecule has 28 heavy (non-hydrogen) atoms. The lowest BCUT2D eigenvalue weighted by Crippen LogP contribution is -2.20. The molecule has 1 N–H and O–H groups in total. The van der Waals surface area contributed by atoms with Gasteiger partial charge in [0.1, 0.15) is 17.2 Å². The summed E-state index contributed by atoms with van der Waals surface area (Å²) in [4.78, 5) is 12.3. The summed E-state index contributed by atoms with van der Waals surface area (Å²) in [5, 5.41) is 3.14. The maximum atomic E-state index is 12.3. The van der Waals surface area contributed by atoms with E-state index in [1.54, 1.807) is 12.1 Å². The molecule has 0 aliphatic heterocycles. The Hall–Kier alpha value is -3.18. The lowest BCUT2D eigenvalue weighted by Gasteiger charge is -2.13. The summed E-state index contributed by atoms with van der Waals surface area (Å²) in [7, 11) is 3.00. The standard InChI is InChI=1S/C22H20ClNO4/c1-26-20-13-19(21(27-2)12-18(20)23)24-22(25)14-28-17-10-8-16(9-11-17)15-6-4-3-5-7-15/h3-13H,14H2,1-2H3,(H,24,25). The second kappa shape index (κ2) is 9.15. The third kappa shape index (κ3) is 4.75. The van der Waals surface area contributed by atoms with Crippen LogP contribution in [0.2, 0.25) is 5.02 Å².